The molecule has 0 aliphatic rings. The van der Waals surface area contributed by atoms with Gasteiger partial charge in [0.1, 0.15) is 0 Å². The average molecular weight is 281 g/mol. The summed E-state index contributed by atoms with van der Waals surface area (Å²) in [5.41, 5.74) is 1.34. The number of pyridine rings is 1. The molecule has 5 heteroatoms. The van der Waals surface area contributed by atoms with E-state index in [0.717, 1.165) is 5.56 Å². The van der Waals surface area contributed by atoms with Gasteiger partial charge in [-0.05, 0) is 36.8 Å². The highest BCUT2D eigenvalue weighted by molar-refractivity contribution is 6.33. The van der Waals surface area contributed by atoms with Gasteiger partial charge in [-0.15, -0.1) is 0 Å². The molecule has 0 saturated heterocycles. The number of hydrogen-bond acceptors (Lipinski definition) is 2. The fourth-order valence-corrected chi connectivity index (χ4v) is 1.83. The van der Waals surface area contributed by atoms with Gasteiger partial charge >= 0.3 is 0 Å². The summed E-state index contributed by atoms with van der Waals surface area (Å²) < 4.78 is 0. The minimum absolute atomic E-state index is 0.282. The van der Waals surface area contributed by atoms with Crippen LogP contribution >= 0.6 is 23.2 Å². The number of carbonyl (C=O) groups excluding carboxylic acids is 1. The van der Waals surface area contributed by atoms with Gasteiger partial charge in [-0.25, -0.2) is 4.98 Å². The van der Waals surface area contributed by atoms with Crippen LogP contribution in [0, 0.1) is 6.92 Å². The molecule has 1 aromatic carbocycles. The van der Waals surface area contributed by atoms with Gasteiger partial charge in [0.2, 0.25) is 0 Å². The molecule has 0 bridgehead atoms. The Kier molecular flexibility index (Phi) is 3.84. The van der Waals surface area contributed by atoms with Gasteiger partial charge in [-0.3, -0.25) is 4.79 Å². The van der Waals surface area contributed by atoms with Crippen molar-refractivity contribution in [1.29, 1.82) is 0 Å². The van der Waals surface area contributed by atoms with Crippen LogP contribution in [0.15, 0.2) is 36.5 Å². The van der Waals surface area contributed by atoms with E-state index >= 15 is 0 Å². The molecule has 0 aliphatic heterocycles. The third kappa shape index (κ3) is 2.81. The summed E-state index contributed by atoms with van der Waals surface area (Å²) in [6.45, 7) is 1.84. The molecule has 0 saturated carbocycles. The molecule has 0 fully saturated rings. The summed E-state index contributed by atoms with van der Waals surface area (Å²) in [7, 11) is 0. The van der Waals surface area contributed by atoms with E-state index in [1.165, 1.54) is 0 Å². The molecular formula is C13H10Cl2N2O. The van der Waals surface area contributed by atoms with Gasteiger partial charge in [0.25, 0.3) is 5.91 Å². The zero-order chi connectivity index (χ0) is 13.1. The van der Waals surface area contributed by atoms with Gasteiger partial charge in [-0.2, -0.15) is 0 Å². The fraction of sp³-hybridized carbons (Fsp3) is 0.0769. The van der Waals surface area contributed by atoms with Crippen molar-refractivity contribution in [3.8, 4) is 0 Å². The minimum atomic E-state index is -0.282. The second-order valence-corrected chi connectivity index (χ2v) is 4.59. The monoisotopic (exact) mass is 280 g/mol. The van der Waals surface area contributed by atoms with E-state index in [0.29, 0.717) is 21.4 Å². The van der Waals surface area contributed by atoms with Crippen molar-refractivity contribution in [1.82, 2.24) is 4.98 Å². The van der Waals surface area contributed by atoms with Crippen LogP contribution in [0.4, 0.5) is 5.82 Å². The smallest absolute Gasteiger partial charge is 0.257 e. The van der Waals surface area contributed by atoms with Crippen LogP contribution in [0.1, 0.15) is 15.9 Å². The van der Waals surface area contributed by atoms with E-state index in [1.807, 2.05) is 6.92 Å². The maximum Gasteiger partial charge on any atom is 0.257 e. The average Bonchev–Trinajstić information content (AvgIpc) is 2.35. The predicted octanol–water partition coefficient (Wildman–Crippen LogP) is 3.95. The van der Waals surface area contributed by atoms with Crippen molar-refractivity contribution in [2.45, 2.75) is 6.92 Å². The molecular weight excluding hydrogens is 271 g/mol. The Balaban J connectivity index is 2.28. The van der Waals surface area contributed by atoms with E-state index in [1.54, 1.807) is 36.5 Å². The standard InChI is InChI=1S/C13H10Cl2N2O/c1-8-4-5-9(14)7-10(8)13(18)17-12-11(15)3-2-6-16-12/h2-7H,1H3,(H,16,17,18). The number of halogens is 2. The SMILES string of the molecule is Cc1ccc(Cl)cc1C(=O)Nc1ncccc1Cl. The van der Waals surface area contributed by atoms with Crippen LogP contribution in [0.5, 0.6) is 0 Å². The highest BCUT2D eigenvalue weighted by atomic mass is 35.5. The van der Waals surface area contributed by atoms with E-state index in [9.17, 15) is 4.79 Å². The van der Waals surface area contributed by atoms with Crippen molar-refractivity contribution in [3.05, 3.63) is 57.7 Å². The summed E-state index contributed by atoms with van der Waals surface area (Å²) in [5, 5.41) is 3.56. The van der Waals surface area contributed by atoms with Crippen molar-refractivity contribution in [2.24, 2.45) is 0 Å². The zero-order valence-corrected chi connectivity index (χ0v) is 11.1. The van der Waals surface area contributed by atoms with Crippen LogP contribution in [-0.2, 0) is 0 Å². The van der Waals surface area contributed by atoms with Crippen LogP contribution in [0.3, 0.4) is 0 Å². The Morgan fingerprint density at radius 2 is 2.06 bits per heavy atom. The molecule has 3 nitrogen and oxygen atoms in total. The van der Waals surface area contributed by atoms with Crippen LogP contribution < -0.4 is 5.32 Å². The maximum atomic E-state index is 12.1. The molecule has 0 unspecified atom stereocenters. The second kappa shape index (κ2) is 5.38. The second-order valence-electron chi connectivity index (χ2n) is 3.75. The van der Waals surface area contributed by atoms with Crippen molar-refractivity contribution in [3.63, 3.8) is 0 Å². The van der Waals surface area contributed by atoms with Crippen LogP contribution in [0.2, 0.25) is 10.0 Å². The third-order valence-corrected chi connectivity index (χ3v) is 2.97. The lowest BCUT2D eigenvalue weighted by Crippen LogP contribution is -2.14. The summed E-state index contributed by atoms with van der Waals surface area (Å²) in [4.78, 5) is 16.1. The molecule has 2 rings (SSSR count). The first-order valence-corrected chi connectivity index (χ1v) is 6.01. The van der Waals surface area contributed by atoms with Crippen LogP contribution in [0.25, 0.3) is 0 Å². The largest absolute Gasteiger partial charge is 0.305 e. The first-order valence-electron chi connectivity index (χ1n) is 5.26. The first kappa shape index (κ1) is 12.9. The van der Waals surface area contributed by atoms with Gasteiger partial charge in [0.05, 0.1) is 5.02 Å². The molecule has 92 valence electrons. The van der Waals surface area contributed by atoms with Crippen molar-refractivity contribution >= 4 is 34.9 Å². The number of aromatic nitrogens is 1. The van der Waals surface area contributed by atoms with Gasteiger partial charge < -0.3 is 5.32 Å². The number of nitrogens with one attached hydrogen (secondary N) is 1. The molecule has 2 aromatic rings. The van der Waals surface area contributed by atoms with E-state index < -0.39 is 0 Å². The molecule has 1 N–H and O–H groups in total. The predicted molar refractivity (Wildman–Crippen MR) is 73.4 cm³/mol. The Hall–Kier alpha value is -1.58. The molecule has 1 heterocycles. The summed E-state index contributed by atoms with van der Waals surface area (Å²) >= 11 is 11.8. The lowest BCUT2D eigenvalue weighted by molar-refractivity contribution is 0.102. The third-order valence-electron chi connectivity index (χ3n) is 2.43. The highest BCUT2D eigenvalue weighted by Gasteiger charge is 2.12. The van der Waals surface area contributed by atoms with E-state index in [-0.39, 0.29) is 5.91 Å². The summed E-state index contributed by atoms with van der Waals surface area (Å²) in [6.07, 6.45) is 1.56. The molecule has 0 atom stereocenters. The van der Waals surface area contributed by atoms with Gasteiger partial charge in [0, 0.05) is 16.8 Å². The Morgan fingerprint density at radius 3 is 2.78 bits per heavy atom. The van der Waals surface area contributed by atoms with Crippen molar-refractivity contribution in [2.75, 3.05) is 5.32 Å². The maximum absolute atomic E-state index is 12.1. The molecule has 0 aliphatic carbocycles. The lowest BCUT2D eigenvalue weighted by Gasteiger charge is -2.08. The van der Waals surface area contributed by atoms with Gasteiger partial charge in [0.15, 0.2) is 5.82 Å². The van der Waals surface area contributed by atoms with Crippen LogP contribution in [-0.4, -0.2) is 10.9 Å². The van der Waals surface area contributed by atoms with Crippen molar-refractivity contribution < 1.29 is 4.79 Å². The first-order chi connectivity index (χ1) is 8.58. The number of carbonyl (C=O) groups is 1. The number of nitrogens with zero attached hydrogens (tertiary/aromatic N) is 1. The van der Waals surface area contributed by atoms with Gasteiger partial charge in [-0.1, -0.05) is 29.3 Å². The molecule has 0 spiro atoms. The van der Waals surface area contributed by atoms with E-state index in [2.05, 4.69) is 10.3 Å². The number of hydrogen-bond donors (Lipinski definition) is 1. The minimum Gasteiger partial charge on any atom is -0.305 e. The number of anilines is 1. The number of benzene rings is 1. The lowest BCUT2D eigenvalue weighted by atomic mass is 10.1. The number of rotatable bonds is 2. The molecule has 1 aromatic heterocycles. The number of amides is 1. The van der Waals surface area contributed by atoms with E-state index in [4.69, 9.17) is 23.2 Å². The molecule has 18 heavy (non-hydrogen) atoms. The normalized spacial score (nSPS) is 10.2. The Bertz CT molecular complexity index is 599. The molecule has 1 amide bonds. The highest BCUT2D eigenvalue weighted by Crippen LogP contribution is 2.20. The summed E-state index contributed by atoms with van der Waals surface area (Å²) in [5.74, 6) is 0.0548. The Labute approximate surface area is 115 Å². The quantitative estimate of drug-likeness (QED) is 0.905. The summed E-state index contributed by atoms with van der Waals surface area (Å²) in [6, 6.07) is 8.50. The number of aryl methyl sites for hydroxylation is 1. The topological polar surface area (TPSA) is 42.0 Å². The Morgan fingerprint density at radius 1 is 1.28 bits per heavy atom. The zero-order valence-electron chi connectivity index (χ0n) is 9.58. The fourth-order valence-electron chi connectivity index (χ4n) is 1.49. The molecule has 0 radical (unpaired) electrons.